The van der Waals surface area contributed by atoms with Gasteiger partial charge in [0, 0.05) is 12.6 Å². The summed E-state index contributed by atoms with van der Waals surface area (Å²) in [5, 5.41) is 8.14. The Labute approximate surface area is 186 Å². The van der Waals surface area contributed by atoms with E-state index in [9.17, 15) is 13.2 Å². The van der Waals surface area contributed by atoms with Crippen LogP contribution in [0.1, 0.15) is 32.0 Å². The molecule has 0 saturated carbocycles. The average molecular weight is 462 g/mol. The number of anilines is 1. The predicted molar refractivity (Wildman–Crippen MR) is 123 cm³/mol. The van der Waals surface area contributed by atoms with Crippen LogP contribution in [-0.4, -0.2) is 50.9 Å². The first kappa shape index (κ1) is 21.9. The van der Waals surface area contributed by atoms with Crippen molar-refractivity contribution >= 4 is 44.4 Å². The second-order valence-corrected chi connectivity index (χ2v) is 11.6. The summed E-state index contributed by atoms with van der Waals surface area (Å²) in [5.41, 5.74) is 2.73. The highest BCUT2D eigenvalue weighted by atomic mass is 32.2. The molecular formula is C21H27N5O3S2. The summed E-state index contributed by atoms with van der Waals surface area (Å²) >= 11 is 1.40. The number of aromatic nitrogens is 4. The zero-order chi connectivity index (χ0) is 22.2. The van der Waals surface area contributed by atoms with Crippen molar-refractivity contribution in [2.24, 2.45) is 5.92 Å². The molecule has 0 aliphatic carbocycles. The van der Waals surface area contributed by atoms with Crippen molar-refractivity contribution in [1.29, 1.82) is 0 Å². The quantitative estimate of drug-likeness (QED) is 0.542. The lowest BCUT2D eigenvalue weighted by Crippen LogP contribution is -2.21. The van der Waals surface area contributed by atoms with Crippen LogP contribution in [0.15, 0.2) is 35.5 Å². The first-order valence-corrected chi connectivity index (χ1v) is 13.2. The third kappa shape index (κ3) is 4.95. The van der Waals surface area contributed by atoms with Crippen LogP contribution in [-0.2, 0) is 21.2 Å². The van der Waals surface area contributed by atoms with Crippen molar-refractivity contribution in [3.05, 3.63) is 36.0 Å². The van der Waals surface area contributed by atoms with Gasteiger partial charge in [-0.05, 0) is 31.4 Å². The highest BCUT2D eigenvalue weighted by molar-refractivity contribution is 7.99. The third-order valence-electron chi connectivity index (χ3n) is 5.18. The van der Waals surface area contributed by atoms with Crippen molar-refractivity contribution in [3.63, 3.8) is 0 Å². The topological polar surface area (TPSA) is 98.9 Å². The molecule has 3 heterocycles. The summed E-state index contributed by atoms with van der Waals surface area (Å²) in [4.78, 5) is 17.4. The van der Waals surface area contributed by atoms with E-state index in [0.29, 0.717) is 18.2 Å². The third-order valence-corrected chi connectivity index (χ3v) is 7.91. The lowest BCUT2D eigenvalue weighted by atomic mass is 10.2. The van der Waals surface area contributed by atoms with Gasteiger partial charge in [0.2, 0.25) is 5.91 Å². The van der Waals surface area contributed by atoms with Gasteiger partial charge in [0.15, 0.2) is 15.0 Å². The molecule has 1 aliphatic rings. The molecule has 1 saturated heterocycles. The smallest absolute Gasteiger partial charge is 0.235 e. The van der Waals surface area contributed by atoms with Crippen molar-refractivity contribution in [2.75, 3.05) is 22.6 Å². The van der Waals surface area contributed by atoms with Gasteiger partial charge in [-0.25, -0.2) is 18.1 Å². The maximum atomic E-state index is 12.7. The fourth-order valence-corrected chi connectivity index (χ4v) is 6.39. The molecule has 3 aromatic rings. The number of nitrogens with zero attached hydrogens (tertiary/aromatic N) is 4. The number of aryl methyl sites for hydroxylation is 1. The maximum Gasteiger partial charge on any atom is 0.235 e. The van der Waals surface area contributed by atoms with Gasteiger partial charge in [0.05, 0.1) is 40.0 Å². The molecule has 4 rings (SSSR count). The van der Waals surface area contributed by atoms with Crippen LogP contribution in [0.5, 0.6) is 0 Å². The number of hydrogen-bond donors (Lipinski definition) is 1. The minimum Gasteiger partial charge on any atom is -0.319 e. The standard InChI is InChI=1S/C21H27N5O3S2/c1-14(2)11-25-18-7-5-4-6-17(18)22-21(25)30-12-20(27)23-19-10-15(3)24-26(19)16-8-9-31(28,29)13-16/h4-7,10,14,16H,8-9,11-13H2,1-3H3,(H,23,27)/t16-/m1/s1. The Kier molecular flexibility index (Phi) is 6.11. The number of amides is 1. The second-order valence-electron chi connectivity index (χ2n) is 8.40. The number of benzene rings is 1. The van der Waals surface area contributed by atoms with Gasteiger partial charge in [0.25, 0.3) is 0 Å². The van der Waals surface area contributed by atoms with Crippen molar-refractivity contribution in [3.8, 4) is 0 Å². The Morgan fingerprint density at radius 2 is 2.10 bits per heavy atom. The van der Waals surface area contributed by atoms with E-state index >= 15 is 0 Å². The minimum absolute atomic E-state index is 0.0605. The van der Waals surface area contributed by atoms with Gasteiger partial charge in [-0.15, -0.1) is 0 Å². The average Bonchev–Trinajstić information content (AvgIpc) is 3.35. The van der Waals surface area contributed by atoms with Gasteiger partial charge in [-0.3, -0.25) is 4.79 Å². The first-order valence-electron chi connectivity index (χ1n) is 10.4. The van der Waals surface area contributed by atoms with Gasteiger partial charge >= 0.3 is 0 Å². The van der Waals surface area contributed by atoms with Crippen LogP contribution in [0.2, 0.25) is 0 Å². The zero-order valence-corrected chi connectivity index (χ0v) is 19.5. The zero-order valence-electron chi connectivity index (χ0n) is 17.9. The predicted octanol–water partition coefficient (Wildman–Crippen LogP) is 3.29. The van der Waals surface area contributed by atoms with E-state index in [0.717, 1.165) is 28.4 Å². The Balaban J connectivity index is 1.47. The number of sulfone groups is 1. The molecule has 1 aromatic carbocycles. The van der Waals surface area contributed by atoms with E-state index in [1.165, 1.54) is 11.8 Å². The molecule has 2 aromatic heterocycles. The molecule has 166 valence electrons. The summed E-state index contributed by atoms with van der Waals surface area (Å²) in [5.74, 6) is 1.24. The van der Waals surface area contributed by atoms with Crippen LogP contribution >= 0.6 is 11.8 Å². The lowest BCUT2D eigenvalue weighted by molar-refractivity contribution is -0.113. The van der Waals surface area contributed by atoms with E-state index < -0.39 is 9.84 Å². The summed E-state index contributed by atoms with van der Waals surface area (Å²) in [6.45, 7) is 6.97. The molecular weight excluding hydrogens is 434 g/mol. The highest BCUT2D eigenvalue weighted by Crippen LogP contribution is 2.28. The monoisotopic (exact) mass is 461 g/mol. The molecule has 1 N–H and O–H groups in total. The van der Waals surface area contributed by atoms with Crippen LogP contribution in [0.3, 0.4) is 0 Å². The number of imidazole rings is 1. The van der Waals surface area contributed by atoms with E-state index in [1.54, 1.807) is 10.7 Å². The molecule has 0 radical (unpaired) electrons. The molecule has 0 bridgehead atoms. The largest absolute Gasteiger partial charge is 0.319 e. The van der Waals surface area contributed by atoms with E-state index in [-0.39, 0.29) is 29.2 Å². The number of nitrogens with one attached hydrogen (secondary N) is 1. The summed E-state index contributed by atoms with van der Waals surface area (Å²) in [7, 11) is -3.04. The number of rotatable bonds is 7. The number of para-hydroxylation sites is 2. The number of carbonyl (C=O) groups is 1. The van der Waals surface area contributed by atoms with Crippen LogP contribution in [0, 0.1) is 12.8 Å². The number of thioether (sulfide) groups is 1. The minimum atomic E-state index is -3.04. The van der Waals surface area contributed by atoms with Crippen molar-refractivity contribution in [2.45, 2.75) is 44.9 Å². The van der Waals surface area contributed by atoms with E-state index in [2.05, 4.69) is 28.8 Å². The van der Waals surface area contributed by atoms with E-state index in [1.807, 2.05) is 31.2 Å². The molecule has 0 unspecified atom stereocenters. The number of carbonyl (C=O) groups excluding carboxylic acids is 1. The molecule has 0 spiro atoms. The summed E-state index contributed by atoms with van der Waals surface area (Å²) in [6, 6.07) is 9.52. The normalized spacial score (nSPS) is 18.1. The number of hydrogen-bond acceptors (Lipinski definition) is 6. The molecule has 1 fully saturated rings. The Morgan fingerprint density at radius 3 is 2.81 bits per heavy atom. The lowest BCUT2D eigenvalue weighted by Gasteiger charge is -2.14. The molecule has 1 atom stereocenters. The van der Waals surface area contributed by atoms with Crippen LogP contribution in [0.4, 0.5) is 5.82 Å². The Bertz CT molecular complexity index is 1210. The Hall–Kier alpha value is -2.33. The fraction of sp³-hybridized carbons (Fsp3) is 0.476. The molecule has 1 aliphatic heterocycles. The highest BCUT2D eigenvalue weighted by Gasteiger charge is 2.31. The van der Waals surface area contributed by atoms with Crippen LogP contribution in [0.25, 0.3) is 11.0 Å². The van der Waals surface area contributed by atoms with E-state index in [4.69, 9.17) is 4.98 Å². The maximum absolute atomic E-state index is 12.7. The van der Waals surface area contributed by atoms with Gasteiger partial charge < -0.3 is 9.88 Å². The van der Waals surface area contributed by atoms with Crippen LogP contribution < -0.4 is 5.32 Å². The Morgan fingerprint density at radius 1 is 1.32 bits per heavy atom. The molecule has 8 nitrogen and oxygen atoms in total. The van der Waals surface area contributed by atoms with Crippen molar-refractivity contribution in [1.82, 2.24) is 19.3 Å². The molecule has 10 heteroatoms. The number of fused-ring (bicyclic) bond motifs is 1. The molecule has 31 heavy (non-hydrogen) atoms. The molecule has 1 amide bonds. The van der Waals surface area contributed by atoms with Gasteiger partial charge in [0.1, 0.15) is 5.82 Å². The van der Waals surface area contributed by atoms with Gasteiger partial charge in [-0.2, -0.15) is 5.10 Å². The fourth-order valence-electron chi connectivity index (χ4n) is 3.87. The summed E-state index contributed by atoms with van der Waals surface area (Å²) in [6.07, 6.45) is 0.514. The second kappa shape index (κ2) is 8.66. The summed E-state index contributed by atoms with van der Waals surface area (Å²) < 4.78 is 27.5. The SMILES string of the molecule is Cc1cc(NC(=O)CSc2nc3ccccc3n2CC(C)C)n([C@@H]2CCS(=O)(=O)C2)n1. The van der Waals surface area contributed by atoms with Gasteiger partial charge in [-0.1, -0.05) is 37.7 Å². The van der Waals surface area contributed by atoms with Crippen molar-refractivity contribution < 1.29 is 13.2 Å². The first-order chi connectivity index (χ1) is 14.7.